The fourth-order valence-corrected chi connectivity index (χ4v) is 2.15. The molecule has 2 N–H and O–H groups in total. The zero-order chi connectivity index (χ0) is 12.1. The van der Waals surface area contributed by atoms with Crippen LogP contribution in [0.15, 0.2) is 12.1 Å². The van der Waals surface area contributed by atoms with Gasteiger partial charge in [0.1, 0.15) is 4.88 Å². The average Bonchev–Trinajstić information content (AvgIpc) is 2.68. The quantitative estimate of drug-likeness (QED) is 0.833. The smallest absolute Gasteiger partial charge is 0.345 e. The maximum absolute atomic E-state index is 11.7. The molecule has 0 aliphatic rings. The molecule has 1 rings (SSSR count). The van der Waals surface area contributed by atoms with Crippen LogP contribution in [0.5, 0.6) is 0 Å². The Labute approximate surface area is 98.3 Å². The molecule has 16 heavy (non-hydrogen) atoms. The van der Waals surface area contributed by atoms with Gasteiger partial charge in [-0.2, -0.15) is 0 Å². The Morgan fingerprint density at radius 3 is 2.44 bits per heavy atom. The van der Waals surface area contributed by atoms with Crippen molar-refractivity contribution in [1.82, 2.24) is 0 Å². The van der Waals surface area contributed by atoms with Crippen molar-refractivity contribution in [3.8, 4) is 0 Å². The topological polar surface area (TPSA) is 66.4 Å². The lowest BCUT2D eigenvalue weighted by Gasteiger charge is -2.10. The monoisotopic (exact) mass is 241 g/mol. The summed E-state index contributed by atoms with van der Waals surface area (Å²) in [7, 11) is 0. The summed E-state index contributed by atoms with van der Waals surface area (Å²) in [5.41, 5.74) is 0. The zero-order valence-corrected chi connectivity index (χ0v) is 10.1. The van der Waals surface area contributed by atoms with E-state index in [2.05, 4.69) is 5.32 Å². The minimum absolute atomic E-state index is 0.00428. The number of hydrogen-bond acceptors (Lipinski definition) is 3. The van der Waals surface area contributed by atoms with Crippen molar-refractivity contribution in [2.24, 2.45) is 5.92 Å². The molecule has 0 fully saturated rings. The first-order valence-electron chi connectivity index (χ1n) is 5.22. The third kappa shape index (κ3) is 3.06. The molecule has 0 bridgehead atoms. The number of hydrogen-bond donors (Lipinski definition) is 2. The Kier molecular flexibility index (Phi) is 4.49. The Bertz CT molecular complexity index is 382. The van der Waals surface area contributed by atoms with Crippen LogP contribution < -0.4 is 5.32 Å². The molecule has 1 aromatic rings. The highest BCUT2D eigenvalue weighted by molar-refractivity contribution is 7.18. The minimum atomic E-state index is -0.965. The predicted molar refractivity (Wildman–Crippen MR) is 64.0 cm³/mol. The van der Waals surface area contributed by atoms with Gasteiger partial charge < -0.3 is 10.4 Å². The third-order valence-corrected chi connectivity index (χ3v) is 3.41. The highest BCUT2D eigenvalue weighted by atomic mass is 32.1. The average molecular weight is 241 g/mol. The third-order valence-electron chi connectivity index (χ3n) is 2.42. The van der Waals surface area contributed by atoms with Crippen LogP contribution in [-0.4, -0.2) is 17.0 Å². The van der Waals surface area contributed by atoms with Crippen LogP contribution in [0.2, 0.25) is 0 Å². The standard InChI is InChI=1S/C11H15NO3S/c1-3-7(4-2)10(13)12-9-6-5-8(16-9)11(14)15/h5-7H,3-4H2,1-2H3,(H,12,13)(H,14,15). The van der Waals surface area contributed by atoms with E-state index in [9.17, 15) is 9.59 Å². The SMILES string of the molecule is CCC(CC)C(=O)Nc1ccc(C(=O)O)s1. The Hall–Kier alpha value is -1.36. The highest BCUT2D eigenvalue weighted by Crippen LogP contribution is 2.23. The number of thiophene rings is 1. The van der Waals surface area contributed by atoms with Crippen LogP contribution in [0.1, 0.15) is 36.4 Å². The number of aromatic carboxylic acids is 1. The van der Waals surface area contributed by atoms with Crippen molar-refractivity contribution in [3.63, 3.8) is 0 Å². The second-order valence-electron chi connectivity index (χ2n) is 3.47. The lowest BCUT2D eigenvalue weighted by molar-refractivity contribution is -0.120. The molecule has 0 saturated heterocycles. The summed E-state index contributed by atoms with van der Waals surface area (Å²) in [4.78, 5) is 22.6. The highest BCUT2D eigenvalue weighted by Gasteiger charge is 2.15. The molecule has 0 spiro atoms. The number of anilines is 1. The van der Waals surface area contributed by atoms with Crippen molar-refractivity contribution in [1.29, 1.82) is 0 Å². The molecule has 1 aromatic heterocycles. The van der Waals surface area contributed by atoms with Crippen LogP contribution in [-0.2, 0) is 4.79 Å². The van der Waals surface area contributed by atoms with E-state index in [1.807, 2.05) is 13.8 Å². The molecular weight excluding hydrogens is 226 g/mol. The van der Waals surface area contributed by atoms with Gasteiger partial charge >= 0.3 is 5.97 Å². The fourth-order valence-electron chi connectivity index (χ4n) is 1.40. The number of amides is 1. The van der Waals surface area contributed by atoms with Gasteiger partial charge in [-0.15, -0.1) is 11.3 Å². The molecule has 5 heteroatoms. The summed E-state index contributed by atoms with van der Waals surface area (Å²) in [5, 5.41) is 12.1. The van der Waals surface area contributed by atoms with E-state index in [0.717, 1.165) is 24.2 Å². The second-order valence-corrected chi connectivity index (χ2v) is 4.56. The van der Waals surface area contributed by atoms with Gasteiger partial charge in [0, 0.05) is 5.92 Å². The summed E-state index contributed by atoms with van der Waals surface area (Å²) >= 11 is 1.08. The lowest BCUT2D eigenvalue weighted by Crippen LogP contribution is -2.20. The van der Waals surface area contributed by atoms with Crippen molar-refractivity contribution >= 4 is 28.2 Å². The summed E-state index contributed by atoms with van der Waals surface area (Å²) in [6, 6.07) is 3.11. The van der Waals surface area contributed by atoms with Gasteiger partial charge in [-0.1, -0.05) is 13.8 Å². The summed E-state index contributed by atoms with van der Waals surface area (Å²) < 4.78 is 0. The molecular formula is C11H15NO3S. The van der Waals surface area contributed by atoms with Crippen molar-refractivity contribution in [2.75, 3.05) is 5.32 Å². The first kappa shape index (κ1) is 12.7. The largest absolute Gasteiger partial charge is 0.477 e. The normalized spacial score (nSPS) is 10.4. The lowest BCUT2D eigenvalue weighted by atomic mass is 10.0. The number of nitrogens with one attached hydrogen (secondary N) is 1. The summed E-state index contributed by atoms with van der Waals surface area (Å²) in [6.07, 6.45) is 1.58. The number of rotatable bonds is 5. The van der Waals surface area contributed by atoms with Gasteiger partial charge in [-0.05, 0) is 25.0 Å². The van der Waals surface area contributed by atoms with Gasteiger partial charge in [-0.3, -0.25) is 4.79 Å². The van der Waals surface area contributed by atoms with Crippen LogP contribution in [0.4, 0.5) is 5.00 Å². The fraction of sp³-hybridized carbons (Fsp3) is 0.455. The Balaban J connectivity index is 2.65. The maximum atomic E-state index is 11.7. The van der Waals surface area contributed by atoms with Crippen molar-refractivity contribution in [2.45, 2.75) is 26.7 Å². The first-order valence-corrected chi connectivity index (χ1v) is 6.04. The molecule has 1 heterocycles. The maximum Gasteiger partial charge on any atom is 0.345 e. The van der Waals surface area contributed by atoms with Gasteiger partial charge in [-0.25, -0.2) is 4.79 Å². The van der Waals surface area contributed by atoms with Crippen LogP contribution in [0.3, 0.4) is 0 Å². The van der Waals surface area contributed by atoms with Gasteiger partial charge in [0.2, 0.25) is 5.91 Å². The van der Waals surface area contributed by atoms with E-state index in [-0.39, 0.29) is 16.7 Å². The van der Waals surface area contributed by atoms with E-state index in [4.69, 9.17) is 5.11 Å². The Morgan fingerprint density at radius 1 is 1.38 bits per heavy atom. The molecule has 0 aliphatic carbocycles. The van der Waals surface area contributed by atoms with Crippen LogP contribution in [0, 0.1) is 5.92 Å². The number of carbonyl (C=O) groups excluding carboxylic acids is 1. The van der Waals surface area contributed by atoms with E-state index in [1.54, 1.807) is 6.07 Å². The molecule has 1 amide bonds. The molecule has 0 saturated carbocycles. The van der Waals surface area contributed by atoms with E-state index in [1.165, 1.54) is 6.07 Å². The molecule has 88 valence electrons. The predicted octanol–water partition coefficient (Wildman–Crippen LogP) is 2.82. The second kappa shape index (κ2) is 5.65. The first-order chi connectivity index (χ1) is 7.58. The molecule has 0 aliphatic heterocycles. The van der Waals surface area contributed by atoms with Gasteiger partial charge in [0.25, 0.3) is 0 Å². The molecule has 0 unspecified atom stereocenters. The number of carboxylic acid groups (broad SMARTS) is 1. The van der Waals surface area contributed by atoms with Gasteiger partial charge in [0.05, 0.1) is 5.00 Å². The molecule has 4 nitrogen and oxygen atoms in total. The zero-order valence-electron chi connectivity index (χ0n) is 9.32. The number of carbonyl (C=O) groups is 2. The minimum Gasteiger partial charge on any atom is -0.477 e. The summed E-state index contributed by atoms with van der Waals surface area (Å²) in [5.74, 6) is -1.01. The van der Waals surface area contributed by atoms with E-state index >= 15 is 0 Å². The number of carboxylic acids is 1. The molecule has 0 radical (unpaired) electrons. The molecule has 0 aromatic carbocycles. The Morgan fingerprint density at radius 2 is 2.00 bits per heavy atom. The van der Waals surface area contributed by atoms with Gasteiger partial charge in [0.15, 0.2) is 0 Å². The van der Waals surface area contributed by atoms with Crippen molar-refractivity contribution in [3.05, 3.63) is 17.0 Å². The van der Waals surface area contributed by atoms with Crippen LogP contribution >= 0.6 is 11.3 Å². The van der Waals surface area contributed by atoms with E-state index in [0.29, 0.717) is 5.00 Å². The van der Waals surface area contributed by atoms with Crippen LogP contribution in [0.25, 0.3) is 0 Å². The van der Waals surface area contributed by atoms with E-state index < -0.39 is 5.97 Å². The molecule has 0 atom stereocenters. The van der Waals surface area contributed by atoms with Crippen molar-refractivity contribution < 1.29 is 14.7 Å². The summed E-state index contributed by atoms with van der Waals surface area (Å²) in [6.45, 7) is 3.93.